The van der Waals surface area contributed by atoms with E-state index in [1.54, 1.807) is 0 Å². The zero-order chi connectivity index (χ0) is 17.5. The lowest BCUT2D eigenvalue weighted by Gasteiger charge is -2.58. The highest BCUT2D eigenvalue weighted by Crippen LogP contribution is 2.50. The Balaban J connectivity index is 1.81. The van der Waals surface area contributed by atoms with Gasteiger partial charge < -0.3 is 20.3 Å². The highest BCUT2D eigenvalue weighted by atomic mass is 16.5. The molecule has 0 saturated heterocycles. The molecule has 24 heavy (non-hydrogen) atoms. The molecule has 2 N–H and O–H groups in total. The Morgan fingerprint density at radius 1 is 1.33 bits per heavy atom. The van der Waals surface area contributed by atoms with Crippen molar-refractivity contribution in [2.75, 3.05) is 31.6 Å². The Bertz CT molecular complexity index is 631. The molecule has 2 atom stereocenters. The standard InChI is InChI=1S/C19H29N3O2/c1-5-24-16-12-19(20,18(16,2)3)17(23)22-11-10-21(4)15-9-7-6-8-14(15)13-22/h6-9,16H,5,10-13,20H2,1-4H3. The van der Waals surface area contributed by atoms with Gasteiger partial charge in [-0.3, -0.25) is 4.79 Å². The molecule has 5 nitrogen and oxygen atoms in total. The summed E-state index contributed by atoms with van der Waals surface area (Å²) in [5.41, 5.74) is 7.77. The summed E-state index contributed by atoms with van der Waals surface area (Å²) in [5.74, 6) is 0.0496. The van der Waals surface area contributed by atoms with E-state index in [9.17, 15) is 4.79 Å². The molecule has 0 aromatic heterocycles. The molecule has 3 rings (SSSR count). The van der Waals surface area contributed by atoms with Crippen molar-refractivity contribution in [3.05, 3.63) is 29.8 Å². The van der Waals surface area contributed by atoms with Crippen molar-refractivity contribution in [1.82, 2.24) is 4.90 Å². The zero-order valence-electron chi connectivity index (χ0n) is 15.2. The Hall–Kier alpha value is -1.59. The molecule has 1 fully saturated rings. The Morgan fingerprint density at radius 2 is 2.04 bits per heavy atom. The first kappa shape index (κ1) is 17.2. The maximum absolute atomic E-state index is 13.3. The van der Waals surface area contributed by atoms with Crippen LogP contribution in [0.4, 0.5) is 5.69 Å². The number of likely N-dealkylation sites (N-methyl/N-ethyl adjacent to an activating group) is 1. The number of anilines is 1. The number of nitrogens with two attached hydrogens (primary N) is 1. The maximum atomic E-state index is 13.3. The van der Waals surface area contributed by atoms with Gasteiger partial charge in [0.15, 0.2) is 0 Å². The Kier molecular flexibility index (Phi) is 4.34. The van der Waals surface area contributed by atoms with Gasteiger partial charge >= 0.3 is 0 Å². The summed E-state index contributed by atoms with van der Waals surface area (Å²) in [5, 5.41) is 0. The van der Waals surface area contributed by atoms with Crippen LogP contribution in [0.5, 0.6) is 0 Å². The third kappa shape index (κ3) is 2.50. The first-order valence-electron chi connectivity index (χ1n) is 8.80. The predicted octanol–water partition coefficient (Wildman–Crippen LogP) is 2.00. The smallest absolute Gasteiger partial charge is 0.243 e. The summed E-state index contributed by atoms with van der Waals surface area (Å²) in [6, 6.07) is 8.27. The van der Waals surface area contributed by atoms with Crippen molar-refractivity contribution < 1.29 is 9.53 Å². The van der Waals surface area contributed by atoms with Crippen LogP contribution in [-0.4, -0.2) is 49.2 Å². The van der Waals surface area contributed by atoms with Gasteiger partial charge in [-0.05, 0) is 18.6 Å². The lowest BCUT2D eigenvalue weighted by molar-refractivity contribution is -0.179. The van der Waals surface area contributed by atoms with Crippen molar-refractivity contribution in [2.24, 2.45) is 11.1 Å². The monoisotopic (exact) mass is 331 g/mol. The van der Waals surface area contributed by atoms with Gasteiger partial charge in [0.1, 0.15) is 5.54 Å². The van der Waals surface area contributed by atoms with E-state index >= 15 is 0 Å². The van der Waals surface area contributed by atoms with Gasteiger partial charge in [0.05, 0.1) is 6.10 Å². The fourth-order valence-corrected chi connectivity index (χ4v) is 3.95. The van der Waals surface area contributed by atoms with Crippen LogP contribution in [0, 0.1) is 5.41 Å². The summed E-state index contributed by atoms with van der Waals surface area (Å²) in [6.07, 6.45) is 0.652. The quantitative estimate of drug-likeness (QED) is 0.920. The van der Waals surface area contributed by atoms with Crippen LogP contribution in [0.15, 0.2) is 24.3 Å². The van der Waals surface area contributed by atoms with Gasteiger partial charge in [-0.25, -0.2) is 0 Å². The van der Waals surface area contributed by atoms with Crippen molar-refractivity contribution in [1.29, 1.82) is 0 Å². The normalized spacial score (nSPS) is 28.8. The number of benzene rings is 1. The molecule has 1 amide bonds. The van der Waals surface area contributed by atoms with Crippen LogP contribution in [-0.2, 0) is 16.1 Å². The van der Waals surface area contributed by atoms with Crippen LogP contribution in [0.25, 0.3) is 0 Å². The summed E-state index contributed by atoms with van der Waals surface area (Å²) in [7, 11) is 2.07. The predicted molar refractivity (Wildman–Crippen MR) is 95.9 cm³/mol. The third-order valence-corrected chi connectivity index (χ3v) is 5.97. The first-order chi connectivity index (χ1) is 11.3. The maximum Gasteiger partial charge on any atom is 0.243 e. The van der Waals surface area contributed by atoms with Crippen LogP contribution in [0.1, 0.15) is 32.8 Å². The molecule has 132 valence electrons. The SMILES string of the molecule is CCOC1CC(N)(C(=O)N2CCN(C)c3ccccc3C2)C1(C)C. The molecular formula is C19H29N3O2. The van der Waals surface area contributed by atoms with Gasteiger partial charge in [-0.15, -0.1) is 0 Å². The van der Waals surface area contributed by atoms with Crippen molar-refractivity contribution in [2.45, 2.75) is 45.4 Å². The van der Waals surface area contributed by atoms with Crippen molar-refractivity contribution in [3.8, 4) is 0 Å². The summed E-state index contributed by atoms with van der Waals surface area (Å²) < 4.78 is 5.77. The van der Waals surface area contributed by atoms with E-state index in [4.69, 9.17) is 10.5 Å². The number of fused-ring (bicyclic) bond motifs is 1. The average Bonchev–Trinajstić information content (AvgIpc) is 2.73. The van der Waals surface area contributed by atoms with E-state index in [0.717, 1.165) is 6.54 Å². The van der Waals surface area contributed by atoms with Crippen LogP contribution < -0.4 is 10.6 Å². The first-order valence-corrected chi connectivity index (χ1v) is 8.80. The lowest BCUT2D eigenvalue weighted by atomic mass is 9.54. The van der Waals surface area contributed by atoms with Crippen molar-refractivity contribution >= 4 is 11.6 Å². The number of nitrogens with zero attached hydrogens (tertiary/aromatic N) is 2. The Morgan fingerprint density at radius 3 is 2.71 bits per heavy atom. The molecule has 1 aliphatic heterocycles. The zero-order valence-corrected chi connectivity index (χ0v) is 15.2. The number of ether oxygens (including phenoxy) is 1. The van der Waals surface area contributed by atoms with Gasteiger partial charge in [0.2, 0.25) is 5.91 Å². The Labute approximate surface area is 144 Å². The molecule has 1 saturated carbocycles. The second-order valence-electron chi connectivity index (χ2n) is 7.62. The molecule has 1 aliphatic carbocycles. The molecule has 1 aromatic rings. The largest absolute Gasteiger partial charge is 0.378 e. The van der Waals surface area contributed by atoms with Crippen LogP contribution >= 0.6 is 0 Å². The number of para-hydroxylation sites is 1. The van der Waals surface area contributed by atoms with Gasteiger partial charge in [0, 0.05) is 50.8 Å². The minimum atomic E-state index is -0.843. The number of hydrogen-bond donors (Lipinski definition) is 1. The van der Waals surface area contributed by atoms with E-state index < -0.39 is 5.54 Å². The minimum Gasteiger partial charge on any atom is -0.378 e. The van der Waals surface area contributed by atoms with E-state index in [-0.39, 0.29) is 17.4 Å². The highest BCUT2D eigenvalue weighted by Gasteiger charge is 2.63. The summed E-state index contributed by atoms with van der Waals surface area (Å²) >= 11 is 0. The second-order valence-corrected chi connectivity index (χ2v) is 7.62. The van der Waals surface area contributed by atoms with Crippen LogP contribution in [0.2, 0.25) is 0 Å². The number of hydrogen-bond acceptors (Lipinski definition) is 4. The minimum absolute atomic E-state index is 0.0496. The topological polar surface area (TPSA) is 58.8 Å². The third-order valence-electron chi connectivity index (χ3n) is 5.97. The fraction of sp³-hybridized carbons (Fsp3) is 0.632. The van der Waals surface area contributed by atoms with Gasteiger partial charge in [-0.1, -0.05) is 32.0 Å². The number of carbonyl (C=O) groups excluding carboxylic acids is 1. The second kappa shape index (κ2) is 6.05. The highest BCUT2D eigenvalue weighted by molar-refractivity contribution is 5.89. The molecular weight excluding hydrogens is 302 g/mol. The van der Waals surface area contributed by atoms with Gasteiger partial charge in [0.25, 0.3) is 0 Å². The molecule has 1 aromatic carbocycles. The molecule has 5 heteroatoms. The van der Waals surface area contributed by atoms with E-state index in [1.807, 2.05) is 37.8 Å². The summed E-state index contributed by atoms with van der Waals surface area (Å²) in [6.45, 7) is 8.86. The van der Waals surface area contributed by atoms with E-state index in [1.165, 1.54) is 11.3 Å². The van der Waals surface area contributed by atoms with E-state index in [0.29, 0.717) is 26.1 Å². The van der Waals surface area contributed by atoms with E-state index in [2.05, 4.69) is 24.1 Å². The molecule has 2 aliphatic rings. The number of amides is 1. The summed E-state index contributed by atoms with van der Waals surface area (Å²) in [4.78, 5) is 17.4. The molecule has 0 radical (unpaired) electrons. The molecule has 0 spiro atoms. The number of rotatable bonds is 3. The van der Waals surface area contributed by atoms with Crippen molar-refractivity contribution in [3.63, 3.8) is 0 Å². The number of carbonyl (C=O) groups is 1. The lowest BCUT2D eigenvalue weighted by Crippen LogP contribution is -2.76. The molecule has 1 heterocycles. The average molecular weight is 331 g/mol. The van der Waals surface area contributed by atoms with Crippen LogP contribution in [0.3, 0.4) is 0 Å². The van der Waals surface area contributed by atoms with Gasteiger partial charge in [-0.2, -0.15) is 0 Å². The molecule has 0 bridgehead atoms. The fourth-order valence-electron chi connectivity index (χ4n) is 3.95. The molecule has 2 unspecified atom stereocenters.